The second kappa shape index (κ2) is 4.45. The molecule has 3 heteroatoms. The lowest BCUT2D eigenvalue weighted by molar-refractivity contribution is 0.112. The van der Waals surface area contributed by atoms with E-state index in [1.807, 2.05) is 12.1 Å². The Bertz CT molecular complexity index is 343. The Kier molecular flexibility index (Phi) is 3.02. The summed E-state index contributed by atoms with van der Waals surface area (Å²) in [6.07, 6.45) is 0.883. The van der Waals surface area contributed by atoms with E-state index in [1.165, 1.54) is 0 Å². The normalized spacial score (nSPS) is 17.8. The van der Waals surface area contributed by atoms with Gasteiger partial charge in [0.05, 0.1) is 0 Å². The Morgan fingerprint density at radius 3 is 2.73 bits per heavy atom. The predicted molar refractivity (Wildman–Crippen MR) is 60.4 cm³/mol. The van der Waals surface area contributed by atoms with Crippen molar-refractivity contribution in [2.75, 3.05) is 38.1 Å². The quantitative estimate of drug-likeness (QED) is 0.671. The number of anilines is 1. The molecule has 0 N–H and O–H groups in total. The van der Waals surface area contributed by atoms with Crippen LogP contribution in [-0.2, 0) is 0 Å². The van der Waals surface area contributed by atoms with Crippen LogP contribution < -0.4 is 4.90 Å². The van der Waals surface area contributed by atoms with Crippen molar-refractivity contribution in [3.8, 4) is 0 Å². The summed E-state index contributed by atoms with van der Waals surface area (Å²) in [5, 5.41) is 0. The fourth-order valence-electron chi connectivity index (χ4n) is 1.86. The van der Waals surface area contributed by atoms with Crippen LogP contribution in [0.5, 0.6) is 0 Å². The maximum Gasteiger partial charge on any atom is 0.152 e. The first-order valence-corrected chi connectivity index (χ1v) is 5.20. The molecular weight excluding hydrogens is 188 g/mol. The van der Waals surface area contributed by atoms with E-state index < -0.39 is 0 Å². The van der Waals surface area contributed by atoms with Gasteiger partial charge in [-0.05, 0) is 19.2 Å². The zero-order valence-electron chi connectivity index (χ0n) is 8.94. The number of aldehydes is 1. The molecule has 1 aromatic rings. The maximum absolute atomic E-state index is 10.9. The van der Waals surface area contributed by atoms with Crippen molar-refractivity contribution >= 4 is 12.0 Å². The van der Waals surface area contributed by atoms with Gasteiger partial charge in [-0.2, -0.15) is 0 Å². The minimum absolute atomic E-state index is 0.669. The first-order valence-electron chi connectivity index (χ1n) is 5.20. The number of benzene rings is 1. The van der Waals surface area contributed by atoms with Crippen LogP contribution in [0.4, 0.5) is 5.69 Å². The van der Waals surface area contributed by atoms with Crippen molar-refractivity contribution in [1.29, 1.82) is 0 Å². The average molecular weight is 203 g/mol. The van der Waals surface area contributed by atoms with E-state index in [-0.39, 0.29) is 0 Å². The zero-order valence-corrected chi connectivity index (χ0v) is 8.94. The number of hydrogen-bond acceptors (Lipinski definition) is 3. The first kappa shape index (κ1) is 10.2. The third-order valence-corrected chi connectivity index (χ3v) is 2.83. The van der Waals surface area contributed by atoms with Gasteiger partial charge in [0.2, 0.25) is 0 Å². The second-order valence-corrected chi connectivity index (χ2v) is 3.88. The molecule has 0 spiro atoms. The molecular formula is C12H15N2O. The lowest BCUT2D eigenvalue weighted by atomic mass is 10.1. The molecule has 1 aliphatic rings. The molecule has 0 unspecified atom stereocenters. The lowest BCUT2D eigenvalue weighted by Gasteiger charge is -2.34. The van der Waals surface area contributed by atoms with Crippen LogP contribution in [-0.4, -0.2) is 44.4 Å². The monoisotopic (exact) mass is 203 g/mol. The number of rotatable bonds is 2. The second-order valence-electron chi connectivity index (χ2n) is 3.88. The highest BCUT2D eigenvalue weighted by atomic mass is 16.1. The molecule has 0 amide bonds. The standard InChI is InChI=1S/C12H15N2O/c1-13-6-8-14(9-7-13)12-5-3-2-4-11(12)10-15/h2-3,5,10H,6-9H2,1H3. The molecule has 1 saturated heterocycles. The van der Waals surface area contributed by atoms with Crippen molar-refractivity contribution in [3.05, 3.63) is 29.8 Å². The summed E-state index contributed by atoms with van der Waals surface area (Å²) in [5.41, 5.74) is 1.68. The topological polar surface area (TPSA) is 23.6 Å². The molecule has 1 aromatic carbocycles. The molecule has 1 aliphatic heterocycles. The minimum Gasteiger partial charge on any atom is -0.368 e. The highest BCUT2D eigenvalue weighted by Crippen LogP contribution is 2.19. The molecule has 1 fully saturated rings. The van der Waals surface area contributed by atoms with E-state index in [2.05, 4.69) is 22.9 Å². The lowest BCUT2D eigenvalue weighted by Crippen LogP contribution is -2.44. The van der Waals surface area contributed by atoms with E-state index >= 15 is 0 Å². The van der Waals surface area contributed by atoms with Gasteiger partial charge in [0, 0.05) is 37.4 Å². The fraction of sp³-hybridized carbons (Fsp3) is 0.417. The van der Waals surface area contributed by atoms with Crippen LogP contribution in [0.3, 0.4) is 0 Å². The van der Waals surface area contributed by atoms with Gasteiger partial charge in [0.25, 0.3) is 0 Å². The Labute approximate surface area is 90.3 Å². The van der Waals surface area contributed by atoms with Crippen LogP contribution in [0.15, 0.2) is 18.2 Å². The number of carbonyl (C=O) groups is 1. The Balaban J connectivity index is 2.18. The maximum atomic E-state index is 10.9. The Morgan fingerprint density at radius 1 is 1.33 bits per heavy atom. The van der Waals surface area contributed by atoms with Crippen molar-refractivity contribution in [1.82, 2.24) is 4.90 Å². The number of likely N-dealkylation sites (N-methyl/N-ethyl adjacent to an activating group) is 1. The van der Waals surface area contributed by atoms with Gasteiger partial charge in [-0.1, -0.05) is 12.1 Å². The van der Waals surface area contributed by atoms with Crippen molar-refractivity contribution in [2.24, 2.45) is 0 Å². The fourth-order valence-corrected chi connectivity index (χ4v) is 1.86. The third-order valence-electron chi connectivity index (χ3n) is 2.83. The molecule has 79 valence electrons. The molecule has 0 atom stereocenters. The highest BCUT2D eigenvalue weighted by molar-refractivity contribution is 5.84. The van der Waals surface area contributed by atoms with Crippen molar-refractivity contribution in [3.63, 3.8) is 0 Å². The largest absolute Gasteiger partial charge is 0.368 e. The third kappa shape index (κ3) is 2.18. The van der Waals surface area contributed by atoms with Gasteiger partial charge >= 0.3 is 0 Å². The van der Waals surface area contributed by atoms with Gasteiger partial charge < -0.3 is 9.80 Å². The van der Waals surface area contributed by atoms with Crippen molar-refractivity contribution in [2.45, 2.75) is 0 Å². The molecule has 1 heterocycles. The van der Waals surface area contributed by atoms with Crippen LogP contribution in [0.25, 0.3) is 0 Å². The molecule has 0 aromatic heterocycles. The van der Waals surface area contributed by atoms with Crippen LogP contribution in [0.1, 0.15) is 10.4 Å². The summed E-state index contributed by atoms with van der Waals surface area (Å²) >= 11 is 0. The summed E-state index contributed by atoms with van der Waals surface area (Å²) < 4.78 is 0. The molecule has 15 heavy (non-hydrogen) atoms. The van der Waals surface area contributed by atoms with Crippen LogP contribution in [0, 0.1) is 6.07 Å². The first-order chi connectivity index (χ1) is 7.31. The van der Waals surface area contributed by atoms with E-state index in [0.717, 1.165) is 38.2 Å². The van der Waals surface area contributed by atoms with E-state index in [0.29, 0.717) is 5.56 Å². The molecule has 3 nitrogen and oxygen atoms in total. The van der Waals surface area contributed by atoms with Gasteiger partial charge in [0.15, 0.2) is 6.29 Å². The summed E-state index contributed by atoms with van der Waals surface area (Å²) in [6.45, 7) is 4.06. The summed E-state index contributed by atoms with van der Waals surface area (Å²) in [7, 11) is 2.12. The van der Waals surface area contributed by atoms with Crippen molar-refractivity contribution < 1.29 is 4.79 Å². The number of nitrogens with zero attached hydrogens (tertiary/aromatic N) is 2. The number of hydrogen-bond donors (Lipinski definition) is 0. The molecule has 0 saturated carbocycles. The molecule has 0 aliphatic carbocycles. The highest BCUT2D eigenvalue weighted by Gasteiger charge is 2.16. The van der Waals surface area contributed by atoms with Gasteiger partial charge in [0.1, 0.15) is 0 Å². The summed E-state index contributed by atoms with van der Waals surface area (Å²) in [4.78, 5) is 15.4. The predicted octanol–water partition coefficient (Wildman–Crippen LogP) is 1.05. The van der Waals surface area contributed by atoms with E-state index in [4.69, 9.17) is 0 Å². The summed E-state index contributed by atoms with van der Waals surface area (Å²) in [6, 6.07) is 8.68. The van der Waals surface area contributed by atoms with Gasteiger partial charge in [-0.3, -0.25) is 4.79 Å². The molecule has 2 rings (SSSR count). The van der Waals surface area contributed by atoms with E-state index in [9.17, 15) is 4.79 Å². The smallest absolute Gasteiger partial charge is 0.152 e. The summed E-state index contributed by atoms with van der Waals surface area (Å²) in [5.74, 6) is 0. The number of piperazine rings is 1. The minimum atomic E-state index is 0.669. The SMILES string of the molecule is CN1CCN(c2ccc[c]c2C=O)CC1. The zero-order chi connectivity index (χ0) is 10.7. The van der Waals surface area contributed by atoms with Gasteiger partial charge in [-0.25, -0.2) is 0 Å². The molecule has 1 radical (unpaired) electrons. The van der Waals surface area contributed by atoms with Crippen LogP contribution in [0.2, 0.25) is 0 Å². The number of carbonyl (C=O) groups excluding carboxylic acids is 1. The average Bonchev–Trinajstić information content (AvgIpc) is 2.30. The van der Waals surface area contributed by atoms with Gasteiger partial charge in [-0.15, -0.1) is 0 Å². The van der Waals surface area contributed by atoms with E-state index in [1.54, 1.807) is 6.07 Å². The molecule has 0 bridgehead atoms. The Hall–Kier alpha value is -1.35. The Morgan fingerprint density at radius 2 is 2.07 bits per heavy atom. The van der Waals surface area contributed by atoms with Crippen LogP contribution >= 0.6 is 0 Å².